The number of anilines is 1. The quantitative estimate of drug-likeness (QED) is 0.892. The number of amides is 1. The molecule has 1 aliphatic rings. The molecular weight excluding hydrogens is 300 g/mol. The van der Waals surface area contributed by atoms with E-state index in [1.54, 1.807) is 0 Å². The molecule has 2 N–H and O–H groups in total. The number of carbonyl (C=O) groups excluding carboxylic acids is 1. The van der Waals surface area contributed by atoms with Crippen molar-refractivity contribution in [3.05, 3.63) is 29.3 Å². The molecule has 1 unspecified atom stereocenters. The van der Waals surface area contributed by atoms with Crippen LogP contribution in [-0.4, -0.2) is 31.7 Å². The molecule has 1 aromatic carbocycles. The number of ether oxygens (including phenoxy) is 1. The molecule has 0 saturated carbocycles. The fourth-order valence-corrected chi connectivity index (χ4v) is 2.63. The van der Waals surface area contributed by atoms with Crippen LogP contribution in [0.3, 0.4) is 0 Å². The van der Waals surface area contributed by atoms with Crippen molar-refractivity contribution < 1.29 is 9.53 Å². The highest BCUT2D eigenvalue weighted by Crippen LogP contribution is 2.32. The monoisotopic (exact) mass is 326 g/mol. The van der Waals surface area contributed by atoms with Crippen LogP contribution in [0.1, 0.15) is 50.7 Å². The van der Waals surface area contributed by atoms with Crippen molar-refractivity contribution in [1.29, 1.82) is 0 Å². The Morgan fingerprint density at radius 1 is 1.23 bits per heavy atom. The number of benzene rings is 1. The molecule has 0 aromatic heterocycles. The first-order valence-corrected chi connectivity index (χ1v) is 7.76. The van der Waals surface area contributed by atoms with Gasteiger partial charge in [0.2, 0.25) is 0 Å². The third-order valence-corrected chi connectivity index (χ3v) is 3.84. The van der Waals surface area contributed by atoms with Crippen molar-refractivity contribution in [3.63, 3.8) is 0 Å². The summed E-state index contributed by atoms with van der Waals surface area (Å²) in [6, 6.07) is 6.25. The van der Waals surface area contributed by atoms with Gasteiger partial charge >= 0.3 is 0 Å². The maximum absolute atomic E-state index is 12.4. The molecule has 0 spiro atoms. The van der Waals surface area contributed by atoms with E-state index in [0.29, 0.717) is 25.0 Å². The molecule has 1 aliphatic heterocycles. The minimum Gasteiger partial charge on any atom is -0.366 e. The number of carbonyl (C=O) groups is 1. The SMILES string of the molecule is CC(C)c1cccc(C(C)C)c1NC(=O)C1CNCCO1.Cl. The van der Waals surface area contributed by atoms with Crippen molar-refractivity contribution >= 4 is 24.0 Å². The Hall–Kier alpha value is -1.10. The van der Waals surface area contributed by atoms with Crippen molar-refractivity contribution in [3.8, 4) is 0 Å². The summed E-state index contributed by atoms with van der Waals surface area (Å²) in [4.78, 5) is 12.4. The zero-order chi connectivity index (χ0) is 15.4. The number of hydrogen-bond donors (Lipinski definition) is 2. The average molecular weight is 327 g/mol. The van der Waals surface area contributed by atoms with E-state index in [1.807, 2.05) is 0 Å². The molecule has 4 nitrogen and oxygen atoms in total. The second-order valence-electron chi connectivity index (χ2n) is 6.17. The van der Waals surface area contributed by atoms with Crippen LogP contribution >= 0.6 is 12.4 Å². The molecule has 0 aliphatic carbocycles. The second-order valence-corrected chi connectivity index (χ2v) is 6.17. The smallest absolute Gasteiger partial charge is 0.254 e. The van der Waals surface area contributed by atoms with E-state index in [9.17, 15) is 4.79 Å². The summed E-state index contributed by atoms with van der Waals surface area (Å²) in [5.74, 6) is 0.672. The highest BCUT2D eigenvalue weighted by Gasteiger charge is 2.24. The summed E-state index contributed by atoms with van der Waals surface area (Å²) in [6.45, 7) is 10.6. The number of morpholine rings is 1. The summed E-state index contributed by atoms with van der Waals surface area (Å²) in [7, 11) is 0. The highest BCUT2D eigenvalue weighted by molar-refractivity contribution is 5.96. The molecule has 1 aromatic rings. The molecular formula is C17H27ClN2O2. The molecule has 1 heterocycles. The Kier molecular flexibility index (Phi) is 7.33. The van der Waals surface area contributed by atoms with Gasteiger partial charge in [-0.2, -0.15) is 0 Å². The molecule has 22 heavy (non-hydrogen) atoms. The molecule has 124 valence electrons. The van der Waals surface area contributed by atoms with Gasteiger partial charge in [-0.25, -0.2) is 0 Å². The predicted octanol–water partition coefficient (Wildman–Crippen LogP) is 3.28. The average Bonchev–Trinajstić information content (AvgIpc) is 2.47. The lowest BCUT2D eigenvalue weighted by molar-refractivity contribution is -0.128. The number of halogens is 1. The normalized spacial score (nSPS) is 18.2. The van der Waals surface area contributed by atoms with E-state index in [4.69, 9.17) is 4.74 Å². The topological polar surface area (TPSA) is 50.4 Å². The lowest BCUT2D eigenvalue weighted by atomic mass is 9.92. The van der Waals surface area contributed by atoms with Gasteiger partial charge in [0, 0.05) is 18.8 Å². The Morgan fingerprint density at radius 3 is 2.27 bits per heavy atom. The molecule has 5 heteroatoms. The summed E-state index contributed by atoms with van der Waals surface area (Å²) in [6.07, 6.45) is -0.404. The Bertz CT molecular complexity index is 471. The number of para-hydroxylation sites is 1. The third kappa shape index (κ3) is 4.45. The minimum absolute atomic E-state index is 0. The van der Waals surface area contributed by atoms with Crippen LogP contribution in [0, 0.1) is 0 Å². The predicted molar refractivity (Wildman–Crippen MR) is 93.1 cm³/mol. The summed E-state index contributed by atoms with van der Waals surface area (Å²) >= 11 is 0. The zero-order valence-electron chi connectivity index (χ0n) is 13.8. The van der Waals surface area contributed by atoms with E-state index in [0.717, 1.165) is 12.2 Å². The fraction of sp³-hybridized carbons (Fsp3) is 0.588. The van der Waals surface area contributed by atoms with Crippen LogP contribution in [0.15, 0.2) is 18.2 Å². The maximum Gasteiger partial charge on any atom is 0.254 e. The molecule has 1 saturated heterocycles. The van der Waals surface area contributed by atoms with Crippen LogP contribution in [0.4, 0.5) is 5.69 Å². The molecule has 1 amide bonds. The van der Waals surface area contributed by atoms with E-state index in [2.05, 4.69) is 56.5 Å². The molecule has 0 radical (unpaired) electrons. The molecule has 2 rings (SSSR count). The Labute approximate surface area is 139 Å². The summed E-state index contributed by atoms with van der Waals surface area (Å²) < 4.78 is 5.54. The van der Waals surface area contributed by atoms with Crippen molar-refractivity contribution in [1.82, 2.24) is 5.32 Å². The van der Waals surface area contributed by atoms with Gasteiger partial charge in [-0.1, -0.05) is 45.9 Å². The number of hydrogen-bond acceptors (Lipinski definition) is 3. The highest BCUT2D eigenvalue weighted by atomic mass is 35.5. The van der Waals surface area contributed by atoms with Gasteiger partial charge in [0.1, 0.15) is 6.10 Å². The number of rotatable bonds is 4. The van der Waals surface area contributed by atoms with Gasteiger partial charge in [-0.15, -0.1) is 12.4 Å². The van der Waals surface area contributed by atoms with Crippen LogP contribution in [0.25, 0.3) is 0 Å². The third-order valence-electron chi connectivity index (χ3n) is 3.84. The Morgan fingerprint density at radius 2 is 1.82 bits per heavy atom. The first kappa shape index (κ1) is 18.9. The zero-order valence-corrected chi connectivity index (χ0v) is 14.6. The molecule has 0 bridgehead atoms. The summed E-state index contributed by atoms with van der Waals surface area (Å²) in [5, 5.41) is 6.30. The van der Waals surface area contributed by atoms with Gasteiger partial charge in [0.05, 0.1) is 6.61 Å². The lowest BCUT2D eigenvalue weighted by Crippen LogP contribution is -2.45. The number of nitrogens with one attached hydrogen (secondary N) is 2. The van der Waals surface area contributed by atoms with Crippen LogP contribution in [0.5, 0.6) is 0 Å². The van der Waals surface area contributed by atoms with Crippen LogP contribution in [-0.2, 0) is 9.53 Å². The van der Waals surface area contributed by atoms with Crippen LogP contribution < -0.4 is 10.6 Å². The molecule has 1 atom stereocenters. The summed E-state index contributed by atoms with van der Waals surface area (Å²) in [5.41, 5.74) is 3.32. The van der Waals surface area contributed by atoms with Gasteiger partial charge in [0.15, 0.2) is 0 Å². The van der Waals surface area contributed by atoms with Crippen molar-refractivity contribution in [2.24, 2.45) is 0 Å². The lowest BCUT2D eigenvalue weighted by Gasteiger charge is -2.25. The maximum atomic E-state index is 12.4. The van der Waals surface area contributed by atoms with Crippen LogP contribution in [0.2, 0.25) is 0 Å². The standard InChI is InChI=1S/C17H26N2O2.ClH/c1-11(2)13-6-5-7-14(12(3)4)16(13)19-17(20)15-10-18-8-9-21-15;/h5-7,11-12,15,18H,8-10H2,1-4H3,(H,19,20);1H. The molecule has 1 fully saturated rings. The van der Waals surface area contributed by atoms with E-state index in [1.165, 1.54) is 11.1 Å². The van der Waals surface area contributed by atoms with Gasteiger partial charge < -0.3 is 15.4 Å². The van der Waals surface area contributed by atoms with E-state index in [-0.39, 0.29) is 18.3 Å². The van der Waals surface area contributed by atoms with E-state index >= 15 is 0 Å². The van der Waals surface area contributed by atoms with Crippen molar-refractivity contribution in [2.45, 2.75) is 45.6 Å². The second kappa shape index (κ2) is 8.51. The first-order chi connectivity index (χ1) is 10.0. The minimum atomic E-state index is -0.404. The van der Waals surface area contributed by atoms with Gasteiger partial charge in [0.25, 0.3) is 5.91 Å². The van der Waals surface area contributed by atoms with Gasteiger partial charge in [-0.3, -0.25) is 4.79 Å². The first-order valence-electron chi connectivity index (χ1n) is 7.76. The van der Waals surface area contributed by atoms with Crippen molar-refractivity contribution in [2.75, 3.05) is 25.0 Å². The van der Waals surface area contributed by atoms with E-state index < -0.39 is 6.10 Å². The Balaban J connectivity index is 0.00000242. The largest absolute Gasteiger partial charge is 0.366 e. The van der Waals surface area contributed by atoms with Gasteiger partial charge in [-0.05, 0) is 23.0 Å². The fourth-order valence-electron chi connectivity index (χ4n) is 2.63.